The molecule has 0 aromatic rings. The van der Waals surface area contributed by atoms with E-state index < -0.39 is 50.4 Å². The number of carbonyl (C=O) groups is 1. The lowest BCUT2D eigenvalue weighted by Crippen LogP contribution is -2.24. The Labute approximate surface area is 105 Å². The number of halogens is 6. The predicted molar refractivity (Wildman–Crippen MR) is 55.6 cm³/mol. The lowest BCUT2D eigenvalue weighted by Gasteiger charge is -2.20. The van der Waals surface area contributed by atoms with Crippen LogP contribution in [-0.2, 0) is 14.1 Å². The molecule has 0 aromatic heterocycles. The van der Waals surface area contributed by atoms with Crippen molar-refractivity contribution in [2.24, 2.45) is 0 Å². The molecule has 0 heterocycles. The maximum absolute atomic E-state index is 12.1. The van der Waals surface area contributed by atoms with E-state index in [0.29, 0.717) is 0 Å². The Hall–Kier alpha value is -0.720. The molecule has 3 nitrogen and oxygen atoms in total. The second-order valence-corrected chi connectivity index (χ2v) is 7.08. The Balaban J connectivity index is 4.77. The second-order valence-electron chi connectivity index (χ2n) is 3.88. The summed E-state index contributed by atoms with van der Waals surface area (Å²) in [6.45, 7) is 1.38. The van der Waals surface area contributed by atoms with Crippen LogP contribution >= 0.6 is 7.14 Å². The summed E-state index contributed by atoms with van der Waals surface area (Å²) in [4.78, 5) is 10.9. The van der Waals surface area contributed by atoms with E-state index in [-0.39, 0.29) is 6.61 Å². The van der Waals surface area contributed by atoms with Crippen LogP contribution < -0.4 is 0 Å². The third-order valence-electron chi connectivity index (χ3n) is 1.96. The molecule has 0 spiro atoms. The lowest BCUT2D eigenvalue weighted by molar-refractivity contribution is -0.142. The highest BCUT2D eigenvalue weighted by atomic mass is 31.2. The molecule has 0 amide bonds. The Morgan fingerprint density at radius 2 is 1.47 bits per heavy atom. The van der Waals surface area contributed by atoms with Crippen LogP contribution in [0.1, 0.15) is 13.3 Å². The molecular formula is C9H13F6O3P. The SMILES string of the molecule is CCOC(=O)CCP(=O)(CC(F)(F)F)CC(F)(F)F. The summed E-state index contributed by atoms with van der Waals surface area (Å²) in [6.07, 6.45) is -15.7. The molecule has 0 aliphatic rings. The van der Waals surface area contributed by atoms with Gasteiger partial charge in [-0.1, -0.05) is 0 Å². The summed E-state index contributed by atoms with van der Waals surface area (Å²) in [7, 11) is -4.59. The van der Waals surface area contributed by atoms with Gasteiger partial charge < -0.3 is 9.30 Å². The Morgan fingerprint density at radius 1 is 1.05 bits per heavy atom. The van der Waals surface area contributed by atoms with Crippen molar-refractivity contribution in [3.8, 4) is 0 Å². The first-order valence-corrected chi connectivity index (χ1v) is 7.49. The van der Waals surface area contributed by atoms with Crippen LogP contribution in [0.5, 0.6) is 0 Å². The fourth-order valence-corrected chi connectivity index (χ4v) is 3.72. The minimum atomic E-state index is -4.98. The van der Waals surface area contributed by atoms with Crippen LogP contribution in [0.4, 0.5) is 26.3 Å². The molecule has 0 aromatic carbocycles. The van der Waals surface area contributed by atoms with Gasteiger partial charge >= 0.3 is 18.3 Å². The number of hydrogen-bond acceptors (Lipinski definition) is 3. The van der Waals surface area contributed by atoms with E-state index in [1.54, 1.807) is 0 Å². The molecule has 0 aliphatic heterocycles. The maximum atomic E-state index is 12.1. The van der Waals surface area contributed by atoms with Gasteiger partial charge in [-0.15, -0.1) is 0 Å². The van der Waals surface area contributed by atoms with Crippen LogP contribution in [0.15, 0.2) is 0 Å². The van der Waals surface area contributed by atoms with Gasteiger partial charge in [-0.05, 0) is 6.92 Å². The van der Waals surface area contributed by atoms with Crippen LogP contribution in [0, 0.1) is 0 Å². The highest BCUT2D eigenvalue weighted by Gasteiger charge is 2.45. The summed E-state index contributed by atoms with van der Waals surface area (Å²) < 4.78 is 88.9. The first kappa shape index (κ1) is 18.3. The number of hydrogen-bond donors (Lipinski definition) is 0. The van der Waals surface area contributed by atoms with Crippen molar-refractivity contribution in [1.29, 1.82) is 0 Å². The fraction of sp³-hybridized carbons (Fsp3) is 0.889. The van der Waals surface area contributed by atoms with Crippen molar-refractivity contribution in [1.82, 2.24) is 0 Å². The zero-order valence-electron chi connectivity index (χ0n) is 9.98. The van der Waals surface area contributed by atoms with Crippen LogP contribution in [0.3, 0.4) is 0 Å². The zero-order valence-corrected chi connectivity index (χ0v) is 10.9. The molecule has 0 saturated heterocycles. The first-order valence-electron chi connectivity index (χ1n) is 5.23. The average molecular weight is 314 g/mol. The number of carbonyl (C=O) groups excluding carboxylic acids is 1. The van der Waals surface area contributed by atoms with E-state index in [2.05, 4.69) is 4.74 Å². The molecule has 0 unspecified atom stereocenters. The zero-order chi connectivity index (χ0) is 15.3. The molecule has 10 heteroatoms. The van der Waals surface area contributed by atoms with Gasteiger partial charge in [0.1, 0.15) is 7.14 Å². The lowest BCUT2D eigenvalue weighted by atomic mass is 10.5. The van der Waals surface area contributed by atoms with Gasteiger partial charge in [0.25, 0.3) is 0 Å². The van der Waals surface area contributed by atoms with E-state index in [1.165, 1.54) is 6.92 Å². The number of rotatable bonds is 6. The van der Waals surface area contributed by atoms with Gasteiger partial charge in [0.05, 0.1) is 25.4 Å². The Kier molecular flexibility index (Phi) is 6.38. The van der Waals surface area contributed by atoms with Crippen molar-refractivity contribution in [2.45, 2.75) is 25.7 Å². The summed E-state index contributed by atoms with van der Waals surface area (Å²) in [6, 6.07) is 0. The third-order valence-corrected chi connectivity index (χ3v) is 4.87. The summed E-state index contributed by atoms with van der Waals surface area (Å²) in [5, 5.41) is 0. The molecule has 0 bridgehead atoms. The molecule has 0 aliphatic carbocycles. The average Bonchev–Trinajstić information content (AvgIpc) is 2.09. The molecule has 19 heavy (non-hydrogen) atoms. The normalized spacial score (nSPS) is 13.4. The Bertz CT molecular complexity index is 329. The highest BCUT2D eigenvalue weighted by molar-refractivity contribution is 7.64. The van der Waals surface area contributed by atoms with E-state index >= 15 is 0 Å². The van der Waals surface area contributed by atoms with Crippen LogP contribution in [0.25, 0.3) is 0 Å². The van der Waals surface area contributed by atoms with Gasteiger partial charge in [-0.3, -0.25) is 4.79 Å². The number of esters is 1. The van der Waals surface area contributed by atoms with Crippen molar-refractivity contribution in [2.75, 3.05) is 25.1 Å². The van der Waals surface area contributed by atoms with Gasteiger partial charge in [-0.25, -0.2) is 0 Å². The van der Waals surface area contributed by atoms with Gasteiger partial charge in [0.15, 0.2) is 0 Å². The monoisotopic (exact) mass is 314 g/mol. The molecular weight excluding hydrogens is 301 g/mol. The molecule has 0 N–H and O–H groups in total. The minimum Gasteiger partial charge on any atom is -0.466 e. The fourth-order valence-electron chi connectivity index (χ4n) is 1.40. The molecule has 0 rings (SSSR count). The minimum absolute atomic E-state index is 0.0539. The van der Waals surface area contributed by atoms with Crippen molar-refractivity contribution in [3.63, 3.8) is 0 Å². The van der Waals surface area contributed by atoms with E-state index in [1.807, 2.05) is 0 Å². The third kappa shape index (κ3) is 9.81. The smallest absolute Gasteiger partial charge is 0.395 e. The maximum Gasteiger partial charge on any atom is 0.395 e. The Morgan fingerprint density at radius 3 is 1.79 bits per heavy atom. The standard InChI is InChI=1S/C9H13F6O3P/c1-2-18-7(16)3-4-19(17,5-8(10,11)12)6-9(13,14)15/h2-6H2,1H3. The largest absolute Gasteiger partial charge is 0.466 e. The van der Waals surface area contributed by atoms with Crippen molar-refractivity contribution in [3.05, 3.63) is 0 Å². The molecule has 0 atom stereocenters. The number of alkyl halides is 6. The quantitative estimate of drug-likeness (QED) is 0.428. The van der Waals surface area contributed by atoms with Gasteiger partial charge in [0.2, 0.25) is 0 Å². The van der Waals surface area contributed by atoms with E-state index in [4.69, 9.17) is 0 Å². The predicted octanol–water partition coefficient (Wildman–Crippen LogP) is 3.43. The van der Waals surface area contributed by atoms with Gasteiger partial charge in [-0.2, -0.15) is 26.3 Å². The summed E-state index contributed by atoms with van der Waals surface area (Å²) in [5.41, 5.74) is 0. The van der Waals surface area contributed by atoms with Gasteiger partial charge in [0, 0.05) is 6.16 Å². The summed E-state index contributed by atoms with van der Waals surface area (Å²) in [5.74, 6) is -0.966. The van der Waals surface area contributed by atoms with Crippen LogP contribution in [-0.4, -0.2) is 43.4 Å². The van der Waals surface area contributed by atoms with Crippen LogP contribution in [0.2, 0.25) is 0 Å². The van der Waals surface area contributed by atoms with Crippen molar-refractivity contribution >= 4 is 13.1 Å². The molecule has 0 fully saturated rings. The van der Waals surface area contributed by atoms with E-state index in [9.17, 15) is 35.7 Å². The molecule has 0 saturated carbocycles. The number of ether oxygens (including phenoxy) is 1. The van der Waals surface area contributed by atoms with Crippen molar-refractivity contribution < 1.29 is 40.4 Å². The van der Waals surface area contributed by atoms with E-state index in [0.717, 1.165) is 0 Å². The molecule has 114 valence electrons. The highest BCUT2D eigenvalue weighted by Crippen LogP contribution is 2.53. The summed E-state index contributed by atoms with van der Waals surface area (Å²) >= 11 is 0. The molecule has 0 radical (unpaired) electrons. The topological polar surface area (TPSA) is 43.4 Å². The second kappa shape index (κ2) is 6.63. The first-order chi connectivity index (χ1) is 8.37.